The van der Waals surface area contributed by atoms with Crippen molar-refractivity contribution in [3.8, 4) is 5.75 Å². The van der Waals surface area contributed by atoms with E-state index in [9.17, 15) is 4.79 Å². The van der Waals surface area contributed by atoms with E-state index in [4.69, 9.17) is 9.52 Å². The number of aromatic hydroxyl groups is 1. The molecule has 0 atom stereocenters. The van der Waals surface area contributed by atoms with Crippen LogP contribution in [0, 0.1) is 0 Å². The minimum absolute atomic E-state index is 0.315. The highest BCUT2D eigenvalue weighted by atomic mass is 16.4. The molecule has 0 radical (unpaired) electrons. The predicted octanol–water partition coefficient (Wildman–Crippen LogP) is -0.0148. The third kappa shape index (κ3) is 1.63. The van der Waals surface area contributed by atoms with Crippen molar-refractivity contribution < 1.29 is 9.52 Å². The zero-order valence-corrected chi connectivity index (χ0v) is 7.12. The smallest absolute Gasteiger partial charge is 0.226 e. The molecule has 2 aromatic rings. The minimum Gasteiger partial charge on any atom is -0.502 e. The molecule has 0 fully saturated rings. The average molecular weight is 193 g/mol. The van der Waals surface area contributed by atoms with Gasteiger partial charge in [-0.1, -0.05) is 0 Å². The van der Waals surface area contributed by atoms with Gasteiger partial charge in [-0.25, -0.2) is 9.67 Å². The van der Waals surface area contributed by atoms with Gasteiger partial charge in [0.2, 0.25) is 5.43 Å². The lowest BCUT2D eigenvalue weighted by atomic mass is 10.4. The van der Waals surface area contributed by atoms with E-state index in [-0.39, 0.29) is 0 Å². The van der Waals surface area contributed by atoms with Crippen LogP contribution in [-0.4, -0.2) is 19.9 Å². The first-order chi connectivity index (χ1) is 6.75. The molecule has 6 heteroatoms. The van der Waals surface area contributed by atoms with Crippen molar-refractivity contribution in [3.63, 3.8) is 0 Å². The van der Waals surface area contributed by atoms with Crippen molar-refractivity contribution in [3.05, 3.63) is 41.0 Å². The second-order valence-electron chi connectivity index (χ2n) is 2.69. The van der Waals surface area contributed by atoms with Gasteiger partial charge in [-0.2, -0.15) is 5.10 Å². The molecule has 72 valence electrons. The van der Waals surface area contributed by atoms with Crippen LogP contribution in [0.2, 0.25) is 0 Å². The lowest BCUT2D eigenvalue weighted by molar-refractivity contribution is 0.404. The maximum atomic E-state index is 11.0. The van der Waals surface area contributed by atoms with E-state index in [0.29, 0.717) is 12.3 Å². The molecule has 0 bridgehead atoms. The van der Waals surface area contributed by atoms with E-state index < -0.39 is 11.2 Å². The van der Waals surface area contributed by atoms with Crippen LogP contribution in [0.25, 0.3) is 0 Å². The van der Waals surface area contributed by atoms with Gasteiger partial charge < -0.3 is 9.52 Å². The molecular weight excluding hydrogens is 186 g/mol. The molecule has 2 heterocycles. The zero-order valence-electron chi connectivity index (χ0n) is 7.12. The summed E-state index contributed by atoms with van der Waals surface area (Å²) in [6.07, 6.45) is 3.90. The van der Waals surface area contributed by atoms with Gasteiger partial charge in [0, 0.05) is 6.07 Å². The van der Waals surface area contributed by atoms with Gasteiger partial charge >= 0.3 is 0 Å². The topological polar surface area (TPSA) is 81.2 Å². The molecule has 0 saturated heterocycles. The van der Waals surface area contributed by atoms with Crippen LogP contribution < -0.4 is 5.43 Å². The van der Waals surface area contributed by atoms with Crippen LogP contribution in [0.15, 0.2) is 34.2 Å². The minimum atomic E-state index is -0.466. The van der Waals surface area contributed by atoms with E-state index >= 15 is 0 Å². The van der Waals surface area contributed by atoms with E-state index in [1.54, 1.807) is 0 Å². The summed E-state index contributed by atoms with van der Waals surface area (Å²) in [5, 5.41) is 12.8. The molecule has 0 aliphatic heterocycles. The standard InChI is InChI=1S/C8H7N3O3/c12-7-1-6(14-3-8(7)13)2-11-5-9-4-10-11/h1,3-5,13H,2H2. The van der Waals surface area contributed by atoms with Crippen LogP contribution in [0.1, 0.15) is 5.76 Å². The lowest BCUT2D eigenvalue weighted by Gasteiger charge is -1.99. The lowest BCUT2D eigenvalue weighted by Crippen LogP contribution is -2.05. The van der Waals surface area contributed by atoms with Crippen molar-refractivity contribution in [1.82, 2.24) is 14.8 Å². The third-order valence-corrected chi connectivity index (χ3v) is 1.65. The van der Waals surface area contributed by atoms with E-state index in [2.05, 4.69) is 10.1 Å². The summed E-state index contributed by atoms with van der Waals surface area (Å²) < 4.78 is 6.48. The van der Waals surface area contributed by atoms with Gasteiger partial charge in [0.15, 0.2) is 5.75 Å². The fourth-order valence-corrected chi connectivity index (χ4v) is 1.00. The number of rotatable bonds is 2. The van der Waals surface area contributed by atoms with E-state index in [1.807, 2.05) is 0 Å². The molecule has 0 spiro atoms. The predicted molar refractivity (Wildman–Crippen MR) is 45.8 cm³/mol. The molecule has 0 aliphatic rings. The quantitative estimate of drug-likeness (QED) is 0.725. The SMILES string of the molecule is O=c1cc(Cn2cncn2)occ1O. The molecule has 6 nitrogen and oxygen atoms in total. The summed E-state index contributed by atoms with van der Waals surface area (Å²) in [5.41, 5.74) is -0.466. The van der Waals surface area contributed by atoms with Crippen LogP contribution in [0.5, 0.6) is 5.75 Å². The van der Waals surface area contributed by atoms with Crippen molar-refractivity contribution in [2.24, 2.45) is 0 Å². The van der Waals surface area contributed by atoms with Gasteiger partial charge in [-0.3, -0.25) is 4.79 Å². The second kappa shape index (κ2) is 3.33. The Labute approximate surface area is 78.4 Å². The number of aromatic nitrogens is 3. The van der Waals surface area contributed by atoms with Gasteiger partial charge in [0.1, 0.15) is 31.2 Å². The largest absolute Gasteiger partial charge is 0.502 e. The van der Waals surface area contributed by atoms with Crippen molar-refractivity contribution in [2.45, 2.75) is 6.54 Å². The Bertz CT molecular complexity index is 475. The maximum Gasteiger partial charge on any atom is 0.226 e. The zero-order chi connectivity index (χ0) is 9.97. The van der Waals surface area contributed by atoms with Crippen LogP contribution >= 0.6 is 0 Å². The molecule has 2 aromatic heterocycles. The molecule has 0 amide bonds. The van der Waals surface area contributed by atoms with Crippen molar-refractivity contribution in [1.29, 1.82) is 0 Å². The first-order valence-electron chi connectivity index (χ1n) is 3.89. The first-order valence-corrected chi connectivity index (χ1v) is 3.89. The van der Waals surface area contributed by atoms with Crippen LogP contribution in [-0.2, 0) is 6.54 Å². The van der Waals surface area contributed by atoms with Gasteiger partial charge in [0.25, 0.3) is 0 Å². The fourth-order valence-electron chi connectivity index (χ4n) is 1.00. The summed E-state index contributed by atoms with van der Waals surface area (Å²) in [6, 6.07) is 1.22. The molecule has 0 aromatic carbocycles. The Morgan fingerprint density at radius 2 is 2.43 bits per heavy atom. The number of hydrogen-bond donors (Lipinski definition) is 1. The highest BCUT2D eigenvalue weighted by molar-refractivity contribution is 5.15. The Balaban J connectivity index is 2.26. The van der Waals surface area contributed by atoms with E-state index in [1.165, 1.54) is 23.4 Å². The monoisotopic (exact) mass is 193 g/mol. The van der Waals surface area contributed by atoms with Gasteiger partial charge in [-0.15, -0.1) is 0 Å². The molecule has 1 N–H and O–H groups in total. The number of hydrogen-bond acceptors (Lipinski definition) is 5. The molecule has 0 saturated carbocycles. The summed E-state index contributed by atoms with van der Waals surface area (Å²) in [6.45, 7) is 0.315. The van der Waals surface area contributed by atoms with Gasteiger partial charge in [0.05, 0.1) is 0 Å². The molecule has 0 aliphatic carbocycles. The Hall–Kier alpha value is -2.11. The fraction of sp³-hybridized carbons (Fsp3) is 0.125. The second-order valence-corrected chi connectivity index (χ2v) is 2.69. The Morgan fingerprint density at radius 1 is 1.57 bits per heavy atom. The van der Waals surface area contributed by atoms with Crippen LogP contribution in [0.4, 0.5) is 0 Å². The van der Waals surface area contributed by atoms with Crippen LogP contribution in [0.3, 0.4) is 0 Å². The Kier molecular flexibility index (Phi) is 2.02. The van der Waals surface area contributed by atoms with Crippen molar-refractivity contribution in [2.75, 3.05) is 0 Å². The summed E-state index contributed by atoms with van der Waals surface area (Å²) in [7, 11) is 0. The van der Waals surface area contributed by atoms with E-state index in [0.717, 1.165) is 6.26 Å². The molecule has 0 unspecified atom stereocenters. The number of nitrogens with zero attached hydrogens (tertiary/aromatic N) is 3. The normalized spacial score (nSPS) is 10.3. The maximum absolute atomic E-state index is 11.0. The highest BCUT2D eigenvalue weighted by Crippen LogP contribution is 2.04. The summed E-state index contributed by atoms with van der Waals surface area (Å²) in [4.78, 5) is 14.8. The first kappa shape index (κ1) is 8.49. The third-order valence-electron chi connectivity index (χ3n) is 1.65. The Morgan fingerprint density at radius 3 is 3.07 bits per heavy atom. The molecular formula is C8H7N3O3. The summed E-state index contributed by atoms with van der Waals surface area (Å²) in [5.74, 6) is 0.0191. The molecule has 2 rings (SSSR count). The van der Waals surface area contributed by atoms with Gasteiger partial charge in [-0.05, 0) is 0 Å². The molecule has 14 heavy (non-hydrogen) atoms. The van der Waals surface area contributed by atoms with Crippen molar-refractivity contribution >= 4 is 0 Å². The average Bonchev–Trinajstić information content (AvgIpc) is 2.64. The summed E-state index contributed by atoms with van der Waals surface area (Å²) >= 11 is 0. The highest BCUT2D eigenvalue weighted by Gasteiger charge is 2.02.